The van der Waals surface area contributed by atoms with Gasteiger partial charge in [0.1, 0.15) is 5.60 Å². The Hall–Kier alpha value is -1.36. The van der Waals surface area contributed by atoms with Gasteiger partial charge < -0.3 is 10.1 Å². The van der Waals surface area contributed by atoms with Gasteiger partial charge in [0.05, 0.1) is 11.4 Å². The summed E-state index contributed by atoms with van der Waals surface area (Å²) < 4.78 is 5.20. The number of ether oxygens (including phenoxy) is 1. The molecule has 1 aromatic rings. The Kier molecular flexibility index (Phi) is 6.89. The first-order chi connectivity index (χ1) is 9.81. The monoisotopic (exact) mass is 355 g/mol. The third-order valence-electron chi connectivity index (χ3n) is 2.78. The fraction of sp³-hybridized carbons (Fsp3) is 0.500. The van der Waals surface area contributed by atoms with Gasteiger partial charge in [0.15, 0.2) is 5.78 Å². The van der Waals surface area contributed by atoms with Crippen molar-refractivity contribution in [2.75, 3.05) is 5.33 Å². The summed E-state index contributed by atoms with van der Waals surface area (Å²) in [6.07, 6.45) is 0.711. The van der Waals surface area contributed by atoms with Crippen LogP contribution < -0.4 is 5.32 Å². The molecule has 0 aliphatic heterocycles. The van der Waals surface area contributed by atoms with E-state index in [2.05, 4.69) is 21.2 Å². The number of carbonyl (C=O) groups excluding carboxylic acids is 2. The number of Topliss-reactive ketones (excluding diaryl/α,β-unsaturated/α-hetero) is 1. The van der Waals surface area contributed by atoms with Crippen LogP contribution in [0, 0.1) is 0 Å². The van der Waals surface area contributed by atoms with Gasteiger partial charge in [0, 0.05) is 0 Å². The molecule has 0 bridgehead atoms. The molecule has 1 atom stereocenters. The van der Waals surface area contributed by atoms with E-state index in [4.69, 9.17) is 4.74 Å². The highest BCUT2D eigenvalue weighted by atomic mass is 79.9. The number of nitrogens with one attached hydrogen (secondary N) is 1. The first kappa shape index (κ1) is 17.7. The normalized spacial score (nSPS) is 12.6. The average Bonchev–Trinajstić information content (AvgIpc) is 2.41. The molecule has 0 saturated carbocycles. The Balaban J connectivity index is 2.60. The maximum Gasteiger partial charge on any atom is 0.408 e. The molecule has 0 aliphatic carbocycles. The zero-order chi connectivity index (χ0) is 15.9. The maximum absolute atomic E-state index is 11.9. The van der Waals surface area contributed by atoms with Gasteiger partial charge in [-0.3, -0.25) is 4.79 Å². The smallest absolute Gasteiger partial charge is 0.408 e. The zero-order valence-electron chi connectivity index (χ0n) is 12.7. The van der Waals surface area contributed by atoms with Gasteiger partial charge >= 0.3 is 6.09 Å². The molecule has 4 nitrogen and oxygen atoms in total. The fourth-order valence-corrected chi connectivity index (χ4v) is 2.20. The molecule has 116 valence electrons. The van der Waals surface area contributed by atoms with Crippen LogP contribution in [0.25, 0.3) is 0 Å². The second-order valence-corrected chi connectivity index (χ2v) is 6.38. The Bertz CT molecular complexity index is 468. The van der Waals surface area contributed by atoms with Crippen LogP contribution in [-0.2, 0) is 16.0 Å². The molecule has 1 N–H and O–H groups in total. The van der Waals surface area contributed by atoms with Gasteiger partial charge in [-0.15, -0.1) is 0 Å². The first-order valence-corrected chi connectivity index (χ1v) is 8.06. The quantitative estimate of drug-likeness (QED) is 0.794. The minimum atomic E-state index is -0.578. The number of alkyl carbamates (subject to hydrolysis) is 1. The number of alkyl halides is 1. The van der Waals surface area contributed by atoms with Crippen LogP contribution in [0.2, 0.25) is 0 Å². The number of ketones is 1. The summed E-state index contributed by atoms with van der Waals surface area (Å²) in [7, 11) is 0. The highest BCUT2D eigenvalue weighted by Gasteiger charge is 2.23. The SMILES string of the molecule is CC(C)(C)OC(=O)N[C@@H](CCc1ccccc1)C(=O)CBr. The van der Waals surface area contributed by atoms with E-state index >= 15 is 0 Å². The van der Waals surface area contributed by atoms with Crippen LogP contribution in [-0.4, -0.2) is 28.8 Å². The van der Waals surface area contributed by atoms with Gasteiger partial charge in [0.25, 0.3) is 0 Å². The standard InChI is InChI=1S/C16H22BrNO3/c1-16(2,3)21-15(20)18-13(14(19)11-17)10-9-12-7-5-4-6-8-12/h4-8,13H,9-11H2,1-3H3,(H,18,20)/t13-/m0/s1. The van der Waals surface area contributed by atoms with Crippen molar-refractivity contribution in [2.24, 2.45) is 0 Å². The average molecular weight is 356 g/mol. The molecule has 0 fully saturated rings. The van der Waals surface area contributed by atoms with Gasteiger partial charge in [-0.05, 0) is 39.2 Å². The third-order valence-corrected chi connectivity index (χ3v) is 3.33. The Morgan fingerprint density at radius 3 is 2.38 bits per heavy atom. The number of rotatable bonds is 6. The van der Waals surface area contributed by atoms with Gasteiger partial charge in [-0.1, -0.05) is 46.3 Å². The first-order valence-electron chi connectivity index (χ1n) is 6.94. The highest BCUT2D eigenvalue weighted by molar-refractivity contribution is 9.09. The molecule has 0 aromatic heterocycles. The summed E-state index contributed by atoms with van der Waals surface area (Å²) in [5, 5.41) is 2.86. The van der Waals surface area contributed by atoms with E-state index in [0.717, 1.165) is 12.0 Å². The minimum Gasteiger partial charge on any atom is -0.444 e. The molecule has 21 heavy (non-hydrogen) atoms. The van der Waals surface area contributed by atoms with Crippen molar-refractivity contribution in [3.8, 4) is 0 Å². The maximum atomic E-state index is 11.9. The molecule has 1 aromatic carbocycles. The lowest BCUT2D eigenvalue weighted by molar-refractivity contribution is -0.118. The second-order valence-electron chi connectivity index (χ2n) is 5.82. The molecule has 0 unspecified atom stereocenters. The second kappa shape index (κ2) is 8.17. The van der Waals surface area contributed by atoms with E-state index in [9.17, 15) is 9.59 Å². The van der Waals surface area contributed by atoms with Gasteiger partial charge in [-0.25, -0.2) is 4.79 Å². The number of aryl methyl sites for hydroxylation is 1. The summed E-state index contributed by atoms with van der Waals surface area (Å²) in [5.41, 5.74) is 0.557. The van der Waals surface area contributed by atoms with Crippen LogP contribution in [0.3, 0.4) is 0 Å². The number of amides is 1. The summed E-state index contributed by atoms with van der Waals surface area (Å²) in [6.45, 7) is 5.37. The lowest BCUT2D eigenvalue weighted by Crippen LogP contribution is -2.44. The van der Waals surface area contributed by atoms with Crippen molar-refractivity contribution >= 4 is 27.8 Å². The van der Waals surface area contributed by atoms with E-state index < -0.39 is 17.7 Å². The molecule has 0 spiro atoms. The Labute approximate surface area is 134 Å². The van der Waals surface area contributed by atoms with Gasteiger partial charge in [-0.2, -0.15) is 0 Å². The summed E-state index contributed by atoms with van der Waals surface area (Å²) in [6, 6.07) is 9.32. The molecule has 0 saturated heterocycles. The topological polar surface area (TPSA) is 55.4 Å². The molecule has 1 amide bonds. The highest BCUT2D eigenvalue weighted by Crippen LogP contribution is 2.10. The predicted octanol–water partition coefficient (Wildman–Crippen LogP) is 3.48. The zero-order valence-corrected chi connectivity index (χ0v) is 14.3. The molecule has 0 heterocycles. The number of halogens is 1. The van der Waals surface area contributed by atoms with Crippen molar-refractivity contribution in [1.82, 2.24) is 5.32 Å². The van der Waals surface area contributed by atoms with Crippen molar-refractivity contribution < 1.29 is 14.3 Å². The summed E-state index contributed by atoms with van der Waals surface area (Å²) >= 11 is 3.15. The van der Waals surface area contributed by atoms with Crippen molar-refractivity contribution in [3.05, 3.63) is 35.9 Å². The van der Waals surface area contributed by atoms with E-state index in [1.54, 1.807) is 20.8 Å². The van der Waals surface area contributed by atoms with Crippen molar-refractivity contribution in [2.45, 2.75) is 45.3 Å². The Morgan fingerprint density at radius 1 is 1.24 bits per heavy atom. The third kappa shape index (κ3) is 7.27. The molecule has 0 radical (unpaired) electrons. The summed E-state index contributed by atoms with van der Waals surface area (Å²) in [4.78, 5) is 23.7. The van der Waals surface area contributed by atoms with Crippen molar-refractivity contribution in [3.63, 3.8) is 0 Å². The number of benzene rings is 1. The lowest BCUT2D eigenvalue weighted by atomic mass is 10.0. The molecule has 5 heteroatoms. The predicted molar refractivity (Wildman–Crippen MR) is 86.7 cm³/mol. The molecule has 0 aliphatic rings. The number of carbonyl (C=O) groups is 2. The largest absolute Gasteiger partial charge is 0.444 e. The Morgan fingerprint density at radius 2 is 1.86 bits per heavy atom. The van der Waals surface area contributed by atoms with E-state index in [1.807, 2.05) is 30.3 Å². The minimum absolute atomic E-state index is 0.0585. The van der Waals surface area contributed by atoms with Crippen LogP contribution in [0.1, 0.15) is 32.8 Å². The summed E-state index contributed by atoms with van der Waals surface area (Å²) in [5.74, 6) is -0.0585. The molecular weight excluding hydrogens is 334 g/mol. The van der Waals surface area contributed by atoms with Crippen LogP contribution in [0.4, 0.5) is 4.79 Å². The van der Waals surface area contributed by atoms with Crippen molar-refractivity contribution in [1.29, 1.82) is 0 Å². The molecular formula is C16H22BrNO3. The van der Waals surface area contributed by atoms with Crippen LogP contribution in [0.15, 0.2) is 30.3 Å². The lowest BCUT2D eigenvalue weighted by Gasteiger charge is -2.22. The number of hydrogen-bond donors (Lipinski definition) is 1. The van der Waals surface area contributed by atoms with E-state index in [1.165, 1.54) is 0 Å². The van der Waals surface area contributed by atoms with E-state index in [-0.39, 0.29) is 11.1 Å². The van der Waals surface area contributed by atoms with E-state index in [0.29, 0.717) is 6.42 Å². The molecule has 1 rings (SSSR count). The number of hydrogen-bond acceptors (Lipinski definition) is 3. The van der Waals surface area contributed by atoms with Gasteiger partial charge in [0.2, 0.25) is 0 Å². The fourth-order valence-electron chi connectivity index (χ4n) is 1.81. The van der Waals surface area contributed by atoms with Crippen LogP contribution >= 0.6 is 15.9 Å². The van der Waals surface area contributed by atoms with Crippen LogP contribution in [0.5, 0.6) is 0 Å².